The van der Waals surface area contributed by atoms with Crippen LogP contribution in [0.4, 0.5) is 0 Å². The molecule has 0 radical (unpaired) electrons. The zero-order valence-electron chi connectivity index (χ0n) is 9.96. The van der Waals surface area contributed by atoms with Crippen LogP contribution >= 0.6 is 0 Å². The summed E-state index contributed by atoms with van der Waals surface area (Å²) in [6.07, 6.45) is 2.34. The van der Waals surface area contributed by atoms with Gasteiger partial charge >= 0.3 is 0 Å². The smallest absolute Gasteiger partial charge is 0.260 e. The van der Waals surface area contributed by atoms with E-state index in [0.717, 1.165) is 6.42 Å². The van der Waals surface area contributed by atoms with Gasteiger partial charge in [-0.1, -0.05) is 6.92 Å². The number of hydrogen-bond acceptors (Lipinski definition) is 4. The molecule has 2 heterocycles. The van der Waals surface area contributed by atoms with E-state index in [1.165, 1.54) is 23.7 Å². The predicted molar refractivity (Wildman–Crippen MR) is 63.3 cm³/mol. The van der Waals surface area contributed by atoms with E-state index in [-0.39, 0.29) is 5.03 Å². The molecule has 0 unspecified atom stereocenters. The van der Waals surface area contributed by atoms with E-state index in [0.29, 0.717) is 24.8 Å². The minimum absolute atomic E-state index is 0.0902. The Morgan fingerprint density at radius 2 is 2.24 bits per heavy atom. The Balaban J connectivity index is 2.25. The fourth-order valence-corrected chi connectivity index (χ4v) is 3.37. The molecular formula is C11H16N2O3S. The van der Waals surface area contributed by atoms with Crippen LogP contribution in [-0.4, -0.2) is 37.9 Å². The summed E-state index contributed by atoms with van der Waals surface area (Å²) in [5.74, 6) is 0.974. The fourth-order valence-electron chi connectivity index (χ4n) is 1.89. The molecule has 1 fully saturated rings. The largest absolute Gasteiger partial charge is 0.495 e. The van der Waals surface area contributed by atoms with E-state index in [2.05, 4.69) is 11.9 Å². The Morgan fingerprint density at radius 3 is 2.71 bits per heavy atom. The maximum atomic E-state index is 12.2. The number of pyridine rings is 1. The zero-order valence-corrected chi connectivity index (χ0v) is 10.8. The van der Waals surface area contributed by atoms with Gasteiger partial charge in [-0.25, -0.2) is 13.4 Å². The van der Waals surface area contributed by atoms with Crippen molar-refractivity contribution in [3.05, 3.63) is 18.3 Å². The molecule has 1 aliphatic rings. The summed E-state index contributed by atoms with van der Waals surface area (Å²) >= 11 is 0. The van der Waals surface area contributed by atoms with Gasteiger partial charge in [0, 0.05) is 13.1 Å². The SMILES string of the molecule is COc1ccc(S(=O)(=O)N2CC[C@H](C)C2)nc1. The molecule has 0 aliphatic carbocycles. The first-order chi connectivity index (χ1) is 8.04. The molecule has 1 saturated heterocycles. The molecule has 17 heavy (non-hydrogen) atoms. The van der Waals surface area contributed by atoms with Crippen molar-refractivity contribution in [3.63, 3.8) is 0 Å². The zero-order chi connectivity index (χ0) is 12.5. The maximum absolute atomic E-state index is 12.2. The second-order valence-electron chi connectivity index (χ2n) is 4.29. The van der Waals surface area contributed by atoms with Crippen LogP contribution in [0.5, 0.6) is 5.75 Å². The molecule has 6 heteroatoms. The van der Waals surface area contributed by atoms with Crippen LogP contribution in [0.25, 0.3) is 0 Å². The van der Waals surface area contributed by atoms with E-state index in [1.54, 1.807) is 6.07 Å². The van der Waals surface area contributed by atoms with Gasteiger partial charge in [0.1, 0.15) is 5.75 Å². The lowest BCUT2D eigenvalue weighted by atomic mass is 10.2. The Morgan fingerprint density at radius 1 is 1.47 bits per heavy atom. The molecule has 0 saturated carbocycles. The molecule has 1 atom stereocenters. The first-order valence-electron chi connectivity index (χ1n) is 5.54. The second kappa shape index (κ2) is 4.62. The monoisotopic (exact) mass is 256 g/mol. The average Bonchev–Trinajstić information content (AvgIpc) is 2.77. The van der Waals surface area contributed by atoms with Crippen molar-refractivity contribution in [1.29, 1.82) is 0 Å². The van der Waals surface area contributed by atoms with Gasteiger partial charge in [-0.2, -0.15) is 4.31 Å². The van der Waals surface area contributed by atoms with E-state index < -0.39 is 10.0 Å². The summed E-state index contributed by atoms with van der Waals surface area (Å²) in [5.41, 5.74) is 0. The third kappa shape index (κ3) is 2.42. The molecule has 2 rings (SSSR count). The number of nitrogens with zero attached hydrogens (tertiary/aromatic N) is 2. The van der Waals surface area contributed by atoms with E-state index in [9.17, 15) is 8.42 Å². The molecule has 94 valence electrons. The summed E-state index contributed by atoms with van der Waals surface area (Å²) < 4.78 is 30.9. The molecule has 0 N–H and O–H groups in total. The van der Waals surface area contributed by atoms with E-state index in [1.807, 2.05) is 0 Å². The summed E-state index contributed by atoms with van der Waals surface area (Å²) in [4.78, 5) is 3.94. The molecule has 1 aromatic heterocycles. The van der Waals surface area contributed by atoms with Crippen molar-refractivity contribution in [2.24, 2.45) is 5.92 Å². The van der Waals surface area contributed by atoms with Crippen LogP contribution < -0.4 is 4.74 Å². The standard InChI is InChI=1S/C11H16N2O3S/c1-9-5-6-13(8-9)17(14,15)11-4-3-10(16-2)7-12-11/h3-4,7,9H,5-6,8H2,1-2H3/t9-/m0/s1. The van der Waals surface area contributed by atoms with E-state index >= 15 is 0 Å². The lowest BCUT2D eigenvalue weighted by Crippen LogP contribution is -2.29. The molecule has 0 aromatic carbocycles. The molecule has 5 nitrogen and oxygen atoms in total. The van der Waals surface area contributed by atoms with Gasteiger partial charge in [-0.05, 0) is 24.5 Å². The average molecular weight is 256 g/mol. The number of aromatic nitrogens is 1. The second-order valence-corrected chi connectivity index (χ2v) is 6.18. The molecule has 1 aromatic rings. The van der Waals surface area contributed by atoms with Crippen LogP contribution in [-0.2, 0) is 10.0 Å². The minimum atomic E-state index is -3.43. The van der Waals surface area contributed by atoms with Crippen LogP contribution in [0.1, 0.15) is 13.3 Å². The van der Waals surface area contributed by atoms with Crippen molar-refractivity contribution in [1.82, 2.24) is 9.29 Å². The Bertz CT molecular complexity index is 484. The molecule has 0 spiro atoms. The van der Waals surface area contributed by atoms with Gasteiger partial charge in [0.25, 0.3) is 10.0 Å². The number of hydrogen-bond donors (Lipinski definition) is 0. The van der Waals surface area contributed by atoms with Crippen LogP contribution in [0.15, 0.2) is 23.4 Å². The van der Waals surface area contributed by atoms with Gasteiger partial charge in [-0.3, -0.25) is 0 Å². The van der Waals surface area contributed by atoms with Crippen molar-refractivity contribution < 1.29 is 13.2 Å². The number of sulfonamides is 1. The van der Waals surface area contributed by atoms with Crippen molar-refractivity contribution >= 4 is 10.0 Å². The predicted octanol–water partition coefficient (Wildman–Crippen LogP) is 1.12. The summed E-state index contributed by atoms with van der Waals surface area (Å²) in [7, 11) is -1.91. The highest BCUT2D eigenvalue weighted by molar-refractivity contribution is 7.89. The Hall–Kier alpha value is -1.14. The molecule has 0 amide bonds. The van der Waals surface area contributed by atoms with Gasteiger partial charge in [-0.15, -0.1) is 0 Å². The normalized spacial score (nSPS) is 21.6. The van der Waals surface area contributed by atoms with Gasteiger partial charge in [0.2, 0.25) is 0 Å². The molecular weight excluding hydrogens is 240 g/mol. The first kappa shape index (κ1) is 12.3. The lowest BCUT2D eigenvalue weighted by molar-refractivity contribution is 0.411. The summed E-state index contributed by atoms with van der Waals surface area (Å²) in [6, 6.07) is 3.09. The minimum Gasteiger partial charge on any atom is -0.495 e. The topological polar surface area (TPSA) is 59.5 Å². The van der Waals surface area contributed by atoms with Crippen molar-refractivity contribution in [2.75, 3.05) is 20.2 Å². The summed E-state index contributed by atoms with van der Waals surface area (Å²) in [6.45, 7) is 3.21. The molecule has 1 aliphatic heterocycles. The first-order valence-corrected chi connectivity index (χ1v) is 6.98. The maximum Gasteiger partial charge on any atom is 0.260 e. The number of ether oxygens (including phenoxy) is 1. The highest BCUT2D eigenvalue weighted by atomic mass is 32.2. The van der Waals surface area contributed by atoms with Crippen molar-refractivity contribution in [3.8, 4) is 5.75 Å². The Kier molecular flexibility index (Phi) is 3.35. The summed E-state index contributed by atoms with van der Waals surface area (Å²) in [5, 5.41) is 0.0902. The van der Waals surface area contributed by atoms with Crippen LogP contribution in [0, 0.1) is 5.92 Å². The fraction of sp³-hybridized carbons (Fsp3) is 0.545. The van der Waals surface area contributed by atoms with Crippen LogP contribution in [0.3, 0.4) is 0 Å². The van der Waals surface area contributed by atoms with E-state index in [4.69, 9.17) is 4.74 Å². The lowest BCUT2D eigenvalue weighted by Gasteiger charge is -2.15. The van der Waals surface area contributed by atoms with Gasteiger partial charge in [0.15, 0.2) is 5.03 Å². The molecule has 0 bridgehead atoms. The van der Waals surface area contributed by atoms with Gasteiger partial charge < -0.3 is 4.74 Å². The van der Waals surface area contributed by atoms with Gasteiger partial charge in [0.05, 0.1) is 13.3 Å². The van der Waals surface area contributed by atoms with Crippen molar-refractivity contribution in [2.45, 2.75) is 18.4 Å². The third-order valence-electron chi connectivity index (χ3n) is 2.94. The number of rotatable bonds is 3. The highest BCUT2D eigenvalue weighted by Gasteiger charge is 2.31. The third-order valence-corrected chi connectivity index (χ3v) is 4.72. The Labute approximate surface area is 101 Å². The van der Waals surface area contributed by atoms with Crippen LogP contribution in [0.2, 0.25) is 0 Å². The quantitative estimate of drug-likeness (QED) is 0.813. The highest BCUT2D eigenvalue weighted by Crippen LogP contribution is 2.23. The number of methoxy groups -OCH3 is 1.